The number of amides is 1. The molecule has 1 amide bonds. The number of aliphatic hydroxyl groups is 2. The average Bonchev–Trinajstić information content (AvgIpc) is 3.33. The van der Waals surface area contributed by atoms with Gasteiger partial charge >= 0.3 is 6.09 Å². The zero-order valence-corrected chi connectivity index (χ0v) is 39.3. The fourth-order valence-corrected chi connectivity index (χ4v) is 10.5. The van der Waals surface area contributed by atoms with Crippen LogP contribution < -0.4 is 9.47 Å². The van der Waals surface area contributed by atoms with Crippen molar-refractivity contribution >= 4 is 33.3 Å². The number of nitrogens with zero attached hydrogens (tertiary/aromatic N) is 2. The normalized spacial score (nSPS) is 22.6. The molecule has 0 saturated heterocycles. The molecule has 0 radical (unpaired) electrons. The Bertz CT molecular complexity index is 2590. The first-order valence-corrected chi connectivity index (χ1v) is 24.0. The average molecular weight is 907 g/mol. The van der Waals surface area contributed by atoms with Crippen LogP contribution in [0.25, 0.3) is 21.5 Å². The van der Waals surface area contributed by atoms with E-state index in [9.17, 15) is 15.0 Å². The Labute approximate surface area is 395 Å². The molecule has 5 aromatic rings. The summed E-state index contributed by atoms with van der Waals surface area (Å²) in [6, 6.07) is 33.9. The van der Waals surface area contributed by atoms with Gasteiger partial charge in [0.25, 0.3) is 0 Å². The number of allylic oxidation sites excluding steroid dienone is 1. The van der Waals surface area contributed by atoms with E-state index >= 15 is 0 Å². The van der Waals surface area contributed by atoms with Gasteiger partial charge < -0.3 is 34.0 Å². The van der Waals surface area contributed by atoms with Gasteiger partial charge in [0.1, 0.15) is 28.9 Å². The van der Waals surface area contributed by atoms with E-state index in [-0.39, 0.29) is 57.1 Å². The molecule has 6 unspecified atom stereocenters. The Hall–Kier alpha value is -5.94. The Kier molecular flexibility index (Phi) is 15.2. The van der Waals surface area contributed by atoms with Gasteiger partial charge in [0.05, 0.1) is 31.4 Å². The van der Waals surface area contributed by atoms with Gasteiger partial charge in [0.15, 0.2) is 0 Å². The van der Waals surface area contributed by atoms with Crippen molar-refractivity contribution in [3.63, 3.8) is 0 Å². The van der Waals surface area contributed by atoms with Crippen molar-refractivity contribution in [3.05, 3.63) is 151 Å². The summed E-state index contributed by atoms with van der Waals surface area (Å²) in [5.74, 6) is -0.0609. The van der Waals surface area contributed by atoms with Gasteiger partial charge in [-0.3, -0.25) is 4.90 Å². The maximum Gasteiger partial charge on any atom is 0.410 e. The molecule has 0 aromatic heterocycles. The molecule has 1 fully saturated rings. The molecule has 352 valence electrons. The lowest BCUT2D eigenvalue weighted by Crippen LogP contribution is -2.70. The number of aliphatic hydroxyl groups excluding tert-OH is 2. The fraction of sp³-hybridized carbons (Fsp3) is 0.404. The molecular weight excluding hydrogens is 841 g/mol. The molecule has 1 heterocycles. The SMILES string of the molecule is C=CCCOC(=O)N(Cc1cccc2ccccc12)C1CC(=NOC(C)(C)C)C2=CC(CCCCO)C(CCCCO)C3c4cc(Oc5ccc6ccccc6c5)ccc4OC1(OCC=C)C23. The van der Waals surface area contributed by atoms with Crippen LogP contribution in [0.3, 0.4) is 0 Å². The molecule has 2 aliphatic carbocycles. The Balaban J connectivity index is 1.35. The summed E-state index contributed by atoms with van der Waals surface area (Å²) in [4.78, 5) is 23.1. The largest absolute Gasteiger partial charge is 0.459 e. The molecule has 2 N–H and O–H groups in total. The van der Waals surface area contributed by atoms with Crippen LogP contribution in [-0.2, 0) is 20.9 Å². The summed E-state index contributed by atoms with van der Waals surface area (Å²) in [7, 11) is 0. The Morgan fingerprint density at radius 1 is 0.851 bits per heavy atom. The highest BCUT2D eigenvalue weighted by Crippen LogP contribution is 2.62. The van der Waals surface area contributed by atoms with Gasteiger partial charge in [-0.25, -0.2) is 4.79 Å². The van der Waals surface area contributed by atoms with Gasteiger partial charge in [-0.05, 0) is 128 Å². The van der Waals surface area contributed by atoms with E-state index in [2.05, 4.69) is 73.8 Å². The first kappa shape index (κ1) is 47.5. The number of carbonyl (C=O) groups is 1. The number of hydrogen-bond donors (Lipinski definition) is 2. The number of carbonyl (C=O) groups excluding carboxylic acids is 1. The van der Waals surface area contributed by atoms with Crippen molar-refractivity contribution in [3.8, 4) is 17.2 Å². The van der Waals surface area contributed by atoms with Crippen molar-refractivity contribution in [1.29, 1.82) is 0 Å². The highest BCUT2D eigenvalue weighted by atomic mass is 16.7. The smallest absolute Gasteiger partial charge is 0.410 e. The Morgan fingerprint density at radius 3 is 2.33 bits per heavy atom. The topological polar surface area (TPSA) is 119 Å². The summed E-state index contributed by atoms with van der Waals surface area (Å²) in [5.41, 5.74) is 2.97. The molecular formula is C57H66N2O8. The van der Waals surface area contributed by atoms with E-state index < -0.39 is 29.4 Å². The molecule has 10 nitrogen and oxygen atoms in total. The van der Waals surface area contributed by atoms with Crippen LogP contribution in [0, 0.1) is 17.8 Å². The zero-order valence-electron chi connectivity index (χ0n) is 39.3. The van der Waals surface area contributed by atoms with Crippen LogP contribution >= 0.6 is 0 Å². The lowest BCUT2D eigenvalue weighted by atomic mass is 9.55. The molecule has 8 rings (SSSR count). The van der Waals surface area contributed by atoms with E-state index in [1.54, 1.807) is 17.1 Å². The molecule has 3 aliphatic rings. The number of unbranched alkanes of at least 4 members (excludes halogenated alkanes) is 2. The van der Waals surface area contributed by atoms with E-state index in [1.807, 2.05) is 69.3 Å². The highest BCUT2D eigenvalue weighted by Gasteiger charge is 2.66. The number of fused-ring (bicyclic) bond motifs is 4. The number of rotatable bonds is 20. The van der Waals surface area contributed by atoms with Crippen molar-refractivity contribution in [2.75, 3.05) is 26.4 Å². The van der Waals surface area contributed by atoms with Gasteiger partial charge in [-0.15, -0.1) is 13.2 Å². The van der Waals surface area contributed by atoms with E-state index in [0.717, 1.165) is 69.7 Å². The summed E-state index contributed by atoms with van der Waals surface area (Å²) < 4.78 is 27.6. The van der Waals surface area contributed by atoms with Crippen LogP contribution in [0.1, 0.15) is 89.2 Å². The number of oxime groups is 1. The Morgan fingerprint density at radius 2 is 1.57 bits per heavy atom. The molecule has 67 heavy (non-hydrogen) atoms. The minimum atomic E-state index is -1.47. The quantitative estimate of drug-likeness (QED) is 0.0450. The first-order valence-electron chi connectivity index (χ1n) is 24.0. The summed E-state index contributed by atoms with van der Waals surface area (Å²) in [6.45, 7) is 14.6. The van der Waals surface area contributed by atoms with E-state index in [1.165, 1.54) is 0 Å². The first-order chi connectivity index (χ1) is 32.6. The predicted octanol–water partition coefficient (Wildman–Crippen LogP) is 12.4. The van der Waals surface area contributed by atoms with Crippen molar-refractivity contribution in [2.24, 2.45) is 22.9 Å². The van der Waals surface area contributed by atoms with Crippen LogP contribution in [0.4, 0.5) is 4.79 Å². The maximum absolute atomic E-state index is 15.0. The van der Waals surface area contributed by atoms with Gasteiger partial charge in [-0.1, -0.05) is 109 Å². The second-order valence-corrected chi connectivity index (χ2v) is 19.0. The standard InChI is InChI=1S/C57H66N2O8/c1-6-8-33-63-55(62)59(38-43-23-17-22-40-19-11-12-24-46(40)43)52-37-50(58-67-56(3,4)5)48-35-42(21-13-15-30-60)47(25-14-16-31-61)53-49-36-45(65-44-27-26-39-18-9-10-20-41(39)34-44)28-29-51(49)66-57(52,54(48)53)64-32-7-2/h6-7,9-12,17-20,22-24,26-29,34-36,42,47,52-54,60-61H,1-2,8,13-16,21,25,30-33,37-38H2,3-5H3. The summed E-state index contributed by atoms with van der Waals surface area (Å²) in [5, 5.41) is 29.4. The van der Waals surface area contributed by atoms with Gasteiger partial charge in [0, 0.05) is 31.1 Å². The number of hydrogen-bond acceptors (Lipinski definition) is 9. The molecule has 1 saturated carbocycles. The molecule has 1 aliphatic heterocycles. The van der Waals surface area contributed by atoms with E-state index in [4.69, 9.17) is 28.9 Å². The second kappa shape index (κ2) is 21.3. The predicted molar refractivity (Wildman–Crippen MR) is 265 cm³/mol. The number of benzene rings is 5. The highest BCUT2D eigenvalue weighted by molar-refractivity contribution is 6.03. The second-order valence-electron chi connectivity index (χ2n) is 19.0. The monoisotopic (exact) mass is 906 g/mol. The van der Waals surface area contributed by atoms with Gasteiger partial charge in [-0.2, -0.15) is 0 Å². The van der Waals surface area contributed by atoms with Crippen molar-refractivity contribution < 1.29 is 38.8 Å². The summed E-state index contributed by atoms with van der Waals surface area (Å²) >= 11 is 0. The third-order valence-corrected chi connectivity index (χ3v) is 13.4. The van der Waals surface area contributed by atoms with Crippen LogP contribution in [-0.4, -0.2) is 70.8 Å². The van der Waals surface area contributed by atoms with Crippen LogP contribution in [0.2, 0.25) is 0 Å². The minimum Gasteiger partial charge on any atom is -0.459 e. The maximum atomic E-state index is 15.0. The van der Waals surface area contributed by atoms with Crippen LogP contribution in [0.15, 0.2) is 145 Å². The van der Waals surface area contributed by atoms with E-state index in [0.29, 0.717) is 36.5 Å². The molecule has 10 heteroatoms. The van der Waals surface area contributed by atoms with Gasteiger partial charge in [0.2, 0.25) is 5.79 Å². The molecule has 6 atom stereocenters. The van der Waals surface area contributed by atoms with Crippen molar-refractivity contribution in [2.45, 2.75) is 102 Å². The third kappa shape index (κ3) is 10.5. The molecule has 0 bridgehead atoms. The lowest BCUT2D eigenvalue weighted by Gasteiger charge is -2.60. The van der Waals surface area contributed by atoms with Crippen molar-refractivity contribution in [1.82, 2.24) is 4.90 Å². The minimum absolute atomic E-state index is 0.0406. The molecule has 0 spiro atoms. The van der Waals surface area contributed by atoms with Crippen LogP contribution in [0.5, 0.6) is 17.2 Å². The molecule has 5 aromatic carbocycles. The number of ether oxygens (including phenoxy) is 4. The zero-order chi connectivity index (χ0) is 47.0. The summed E-state index contributed by atoms with van der Waals surface area (Å²) in [6.07, 6.45) is 10.6. The third-order valence-electron chi connectivity index (χ3n) is 13.4. The fourth-order valence-electron chi connectivity index (χ4n) is 10.5. The lowest BCUT2D eigenvalue weighted by molar-refractivity contribution is -0.256.